The summed E-state index contributed by atoms with van der Waals surface area (Å²) in [6, 6.07) is 4.16. The number of thiophene rings is 1. The number of rotatable bonds is 5. The van der Waals surface area contributed by atoms with Crippen molar-refractivity contribution in [3.63, 3.8) is 0 Å². The van der Waals surface area contributed by atoms with Crippen molar-refractivity contribution in [3.8, 4) is 0 Å². The Morgan fingerprint density at radius 1 is 1.50 bits per heavy atom. The number of aromatic nitrogens is 1. The third-order valence-electron chi connectivity index (χ3n) is 2.68. The van der Waals surface area contributed by atoms with Gasteiger partial charge in [0.2, 0.25) is 0 Å². The molecule has 5 heteroatoms. The smallest absolute Gasteiger partial charge is 0.128 e. The van der Waals surface area contributed by atoms with Gasteiger partial charge in [-0.25, -0.2) is 4.98 Å². The molecule has 0 saturated heterocycles. The second-order valence-corrected chi connectivity index (χ2v) is 5.34. The molecule has 0 amide bonds. The minimum absolute atomic E-state index is 0.706. The normalized spacial score (nSPS) is 10.6. The molecule has 0 atom stereocenters. The molecule has 0 saturated carbocycles. The highest BCUT2D eigenvalue weighted by Crippen LogP contribution is 2.21. The minimum Gasteiger partial charge on any atom is -0.355 e. The van der Waals surface area contributed by atoms with Crippen LogP contribution in [0.5, 0.6) is 0 Å². The Kier molecular flexibility index (Phi) is 4.58. The Hall–Kier alpha value is -1.10. The van der Waals surface area contributed by atoms with Gasteiger partial charge in [-0.3, -0.25) is 0 Å². The molecule has 2 rings (SSSR count). The number of pyridine rings is 1. The van der Waals surface area contributed by atoms with Gasteiger partial charge in [0.25, 0.3) is 0 Å². The van der Waals surface area contributed by atoms with E-state index in [0.29, 0.717) is 5.02 Å². The third-order valence-corrected chi connectivity index (χ3v) is 3.75. The molecule has 1 N–H and O–H groups in total. The number of nitrogens with one attached hydrogen (secondary N) is 1. The van der Waals surface area contributed by atoms with Gasteiger partial charge in [0.05, 0.1) is 5.02 Å². The van der Waals surface area contributed by atoms with Crippen molar-refractivity contribution < 1.29 is 0 Å². The van der Waals surface area contributed by atoms with Crippen molar-refractivity contribution in [2.45, 2.75) is 13.1 Å². The van der Waals surface area contributed by atoms with E-state index in [1.165, 1.54) is 5.56 Å². The third kappa shape index (κ3) is 3.22. The first-order valence-corrected chi connectivity index (χ1v) is 7.04. The number of anilines is 1. The fourth-order valence-electron chi connectivity index (χ4n) is 1.74. The highest BCUT2D eigenvalue weighted by molar-refractivity contribution is 7.07. The van der Waals surface area contributed by atoms with Gasteiger partial charge in [-0.2, -0.15) is 11.3 Å². The van der Waals surface area contributed by atoms with Gasteiger partial charge in [0.1, 0.15) is 5.82 Å². The Labute approximate surface area is 116 Å². The van der Waals surface area contributed by atoms with Crippen LogP contribution in [0.2, 0.25) is 5.02 Å². The van der Waals surface area contributed by atoms with Gasteiger partial charge in [0.15, 0.2) is 0 Å². The van der Waals surface area contributed by atoms with Crippen LogP contribution in [-0.4, -0.2) is 19.1 Å². The first-order valence-electron chi connectivity index (χ1n) is 5.72. The Morgan fingerprint density at radius 3 is 3.00 bits per heavy atom. The second kappa shape index (κ2) is 6.18. The summed E-state index contributed by atoms with van der Waals surface area (Å²) in [4.78, 5) is 6.49. The highest BCUT2D eigenvalue weighted by Gasteiger charge is 2.07. The lowest BCUT2D eigenvalue weighted by Gasteiger charge is -2.18. The Morgan fingerprint density at radius 2 is 2.33 bits per heavy atom. The standard InChI is InChI=1S/C13H16ClN3S/c1-15-6-11-5-13(16-7-12(11)14)17(2)8-10-3-4-18-9-10/h3-5,7,9,15H,6,8H2,1-2H3. The van der Waals surface area contributed by atoms with Crippen LogP contribution in [0.25, 0.3) is 0 Å². The molecule has 0 aliphatic rings. The van der Waals surface area contributed by atoms with Crippen LogP contribution in [-0.2, 0) is 13.1 Å². The van der Waals surface area contributed by atoms with Gasteiger partial charge in [-0.1, -0.05) is 11.6 Å². The van der Waals surface area contributed by atoms with Crippen LogP contribution in [0.15, 0.2) is 29.1 Å². The lowest BCUT2D eigenvalue weighted by atomic mass is 10.2. The zero-order valence-electron chi connectivity index (χ0n) is 10.5. The maximum Gasteiger partial charge on any atom is 0.128 e. The zero-order valence-corrected chi connectivity index (χ0v) is 12.1. The molecule has 0 fully saturated rings. The lowest BCUT2D eigenvalue weighted by Crippen LogP contribution is -2.18. The van der Waals surface area contributed by atoms with Crippen LogP contribution in [0.4, 0.5) is 5.82 Å². The number of halogens is 1. The summed E-state index contributed by atoms with van der Waals surface area (Å²) in [6.07, 6.45) is 1.72. The van der Waals surface area contributed by atoms with Crippen molar-refractivity contribution in [2.24, 2.45) is 0 Å². The van der Waals surface area contributed by atoms with Crippen LogP contribution >= 0.6 is 22.9 Å². The van der Waals surface area contributed by atoms with E-state index in [1.807, 2.05) is 20.2 Å². The van der Waals surface area contributed by atoms with Gasteiger partial charge < -0.3 is 10.2 Å². The summed E-state index contributed by atoms with van der Waals surface area (Å²) in [5.74, 6) is 0.941. The summed E-state index contributed by atoms with van der Waals surface area (Å²) in [6.45, 7) is 1.61. The maximum absolute atomic E-state index is 6.10. The topological polar surface area (TPSA) is 28.2 Å². The first kappa shape index (κ1) is 13.3. The molecule has 0 unspecified atom stereocenters. The molecular weight excluding hydrogens is 266 g/mol. The Bertz CT molecular complexity index is 499. The van der Waals surface area contributed by atoms with E-state index in [-0.39, 0.29) is 0 Å². The lowest BCUT2D eigenvalue weighted by molar-refractivity contribution is 0.812. The second-order valence-electron chi connectivity index (χ2n) is 4.15. The minimum atomic E-state index is 0.706. The first-order chi connectivity index (χ1) is 8.70. The van der Waals surface area contributed by atoms with Crippen LogP contribution in [0, 0.1) is 0 Å². The number of hydrogen-bond donors (Lipinski definition) is 1. The van der Waals surface area contributed by atoms with E-state index in [4.69, 9.17) is 11.6 Å². The van der Waals surface area contributed by atoms with Crippen molar-refractivity contribution in [1.29, 1.82) is 0 Å². The quantitative estimate of drug-likeness (QED) is 0.912. The molecule has 0 aliphatic carbocycles. The van der Waals surface area contributed by atoms with E-state index in [9.17, 15) is 0 Å². The van der Waals surface area contributed by atoms with E-state index in [1.54, 1.807) is 17.5 Å². The average molecular weight is 282 g/mol. The van der Waals surface area contributed by atoms with Crippen LogP contribution in [0.3, 0.4) is 0 Å². The van der Waals surface area contributed by atoms with E-state index >= 15 is 0 Å². The molecular formula is C13H16ClN3S. The van der Waals surface area contributed by atoms with Crippen molar-refractivity contribution >= 4 is 28.8 Å². The van der Waals surface area contributed by atoms with E-state index in [2.05, 4.69) is 32.0 Å². The van der Waals surface area contributed by atoms with Crippen LogP contribution < -0.4 is 10.2 Å². The summed E-state index contributed by atoms with van der Waals surface area (Å²) in [5, 5.41) is 8.05. The fourth-order valence-corrected chi connectivity index (χ4v) is 2.57. The molecule has 3 nitrogen and oxygen atoms in total. The van der Waals surface area contributed by atoms with E-state index < -0.39 is 0 Å². The molecule has 2 aromatic heterocycles. The number of hydrogen-bond acceptors (Lipinski definition) is 4. The molecule has 96 valence electrons. The summed E-state index contributed by atoms with van der Waals surface area (Å²) >= 11 is 7.82. The van der Waals surface area contributed by atoms with Crippen molar-refractivity contribution in [3.05, 3.63) is 45.2 Å². The zero-order chi connectivity index (χ0) is 13.0. The fraction of sp³-hybridized carbons (Fsp3) is 0.308. The van der Waals surface area contributed by atoms with Gasteiger partial charge in [-0.05, 0) is 41.1 Å². The SMILES string of the molecule is CNCc1cc(N(C)Cc2ccsc2)ncc1Cl. The van der Waals surface area contributed by atoms with Gasteiger partial charge in [-0.15, -0.1) is 0 Å². The van der Waals surface area contributed by atoms with E-state index in [0.717, 1.165) is 24.5 Å². The average Bonchev–Trinajstić information content (AvgIpc) is 2.85. The van der Waals surface area contributed by atoms with Gasteiger partial charge >= 0.3 is 0 Å². The largest absolute Gasteiger partial charge is 0.355 e. The summed E-state index contributed by atoms with van der Waals surface area (Å²) in [5.41, 5.74) is 2.37. The molecule has 0 radical (unpaired) electrons. The van der Waals surface area contributed by atoms with Crippen molar-refractivity contribution in [2.75, 3.05) is 19.0 Å². The molecule has 2 heterocycles. The van der Waals surface area contributed by atoms with Gasteiger partial charge in [0, 0.05) is 26.3 Å². The molecule has 0 spiro atoms. The molecule has 2 aromatic rings. The summed E-state index contributed by atoms with van der Waals surface area (Å²) in [7, 11) is 3.95. The predicted molar refractivity (Wildman–Crippen MR) is 78.4 cm³/mol. The highest BCUT2D eigenvalue weighted by atomic mass is 35.5. The van der Waals surface area contributed by atoms with Crippen molar-refractivity contribution in [1.82, 2.24) is 10.3 Å². The molecule has 0 aromatic carbocycles. The molecule has 0 bridgehead atoms. The van der Waals surface area contributed by atoms with Crippen LogP contribution in [0.1, 0.15) is 11.1 Å². The predicted octanol–water partition coefficient (Wildman–Crippen LogP) is 3.15. The molecule has 18 heavy (non-hydrogen) atoms. The maximum atomic E-state index is 6.10. The number of nitrogens with zero attached hydrogens (tertiary/aromatic N) is 2. The summed E-state index contributed by atoms with van der Waals surface area (Å²) < 4.78 is 0. The molecule has 0 aliphatic heterocycles. The monoisotopic (exact) mass is 281 g/mol. The Balaban J connectivity index is 2.14.